The van der Waals surface area contributed by atoms with Crippen LogP contribution in [0, 0.1) is 0 Å². The van der Waals surface area contributed by atoms with Crippen LogP contribution < -0.4 is 5.32 Å². The second kappa shape index (κ2) is 7.67. The number of rotatable bonds is 6. The Balaban J connectivity index is 2.88. The molecule has 0 fully saturated rings. The number of hydrogen-bond acceptors (Lipinski definition) is 5. The summed E-state index contributed by atoms with van der Waals surface area (Å²) in [7, 11) is 2.39. The zero-order valence-electron chi connectivity index (χ0n) is 12.1. The first-order chi connectivity index (χ1) is 10.3. The van der Waals surface area contributed by atoms with E-state index in [2.05, 4.69) is 14.8 Å². The lowest BCUT2D eigenvalue weighted by atomic mass is 10.1. The lowest BCUT2D eigenvalue weighted by molar-refractivity contribution is -0.140. The highest BCUT2D eigenvalue weighted by atomic mass is 19.4. The average Bonchev–Trinajstić information content (AvgIpc) is 2.49. The molecule has 0 amide bonds. The van der Waals surface area contributed by atoms with Gasteiger partial charge < -0.3 is 14.8 Å². The highest BCUT2D eigenvalue weighted by molar-refractivity contribution is 5.95. The van der Waals surface area contributed by atoms with E-state index < -0.39 is 23.7 Å². The summed E-state index contributed by atoms with van der Waals surface area (Å²) in [5.74, 6) is -1.16. The minimum Gasteiger partial charge on any atom is -0.469 e. The van der Waals surface area contributed by atoms with Crippen molar-refractivity contribution in [1.29, 1.82) is 0 Å². The number of anilines is 1. The monoisotopic (exact) mass is 319 g/mol. The summed E-state index contributed by atoms with van der Waals surface area (Å²) in [5, 5.41) is 2.71. The molecule has 0 heterocycles. The topological polar surface area (TPSA) is 64.6 Å². The van der Waals surface area contributed by atoms with Crippen molar-refractivity contribution in [2.45, 2.75) is 19.0 Å². The molecule has 0 saturated carbocycles. The number of carbonyl (C=O) groups excluding carboxylic acids is 2. The second-order valence-electron chi connectivity index (χ2n) is 4.36. The van der Waals surface area contributed by atoms with Gasteiger partial charge in [-0.15, -0.1) is 0 Å². The van der Waals surface area contributed by atoms with E-state index in [4.69, 9.17) is 0 Å². The van der Waals surface area contributed by atoms with E-state index in [1.807, 2.05) is 0 Å². The van der Waals surface area contributed by atoms with E-state index in [9.17, 15) is 22.8 Å². The molecule has 1 N–H and O–H groups in total. The molecule has 0 bridgehead atoms. The molecule has 0 aliphatic rings. The van der Waals surface area contributed by atoms with Crippen LogP contribution in [0.2, 0.25) is 0 Å². The fourth-order valence-corrected chi connectivity index (χ4v) is 1.71. The molecule has 0 aliphatic carbocycles. The van der Waals surface area contributed by atoms with E-state index in [-0.39, 0.29) is 24.2 Å². The predicted molar refractivity (Wildman–Crippen MR) is 72.5 cm³/mol. The summed E-state index contributed by atoms with van der Waals surface area (Å²) in [5.41, 5.74) is -0.879. The van der Waals surface area contributed by atoms with E-state index in [0.717, 1.165) is 25.3 Å². The van der Waals surface area contributed by atoms with E-state index >= 15 is 0 Å². The predicted octanol–water partition coefficient (Wildman–Crippen LogP) is 2.86. The van der Waals surface area contributed by atoms with Crippen LogP contribution in [0.1, 0.15) is 28.8 Å². The van der Waals surface area contributed by atoms with Gasteiger partial charge in [-0.3, -0.25) is 4.79 Å². The molecule has 0 unspecified atom stereocenters. The van der Waals surface area contributed by atoms with Gasteiger partial charge in [0.2, 0.25) is 0 Å². The SMILES string of the molecule is COC(=O)CCCNc1cc(C(F)(F)F)ccc1C(=O)OC. The van der Waals surface area contributed by atoms with Crippen molar-refractivity contribution in [3.8, 4) is 0 Å². The van der Waals surface area contributed by atoms with Crippen molar-refractivity contribution >= 4 is 17.6 Å². The number of methoxy groups -OCH3 is 2. The van der Waals surface area contributed by atoms with Crippen molar-refractivity contribution in [2.24, 2.45) is 0 Å². The van der Waals surface area contributed by atoms with Crippen LogP contribution in [0.3, 0.4) is 0 Å². The number of benzene rings is 1. The molecule has 0 aromatic heterocycles. The van der Waals surface area contributed by atoms with Crippen LogP contribution >= 0.6 is 0 Å². The van der Waals surface area contributed by atoms with Gasteiger partial charge in [-0.05, 0) is 24.6 Å². The molecule has 1 rings (SSSR count). The Kier molecular flexibility index (Phi) is 6.21. The van der Waals surface area contributed by atoms with Gasteiger partial charge in [0.1, 0.15) is 0 Å². The van der Waals surface area contributed by atoms with Crippen LogP contribution in [-0.2, 0) is 20.4 Å². The van der Waals surface area contributed by atoms with Crippen LogP contribution in [0.4, 0.5) is 18.9 Å². The minimum atomic E-state index is -4.52. The van der Waals surface area contributed by atoms with Gasteiger partial charge in [-0.25, -0.2) is 4.79 Å². The maximum atomic E-state index is 12.7. The molecule has 0 atom stereocenters. The summed E-state index contributed by atoms with van der Waals surface area (Å²) >= 11 is 0. The van der Waals surface area contributed by atoms with E-state index in [1.165, 1.54) is 7.11 Å². The van der Waals surface area contributed by atoms with Crippen molar-refractivity contribution in [1.82, 2.24) is 0 Å². The van der Waals surface area contributed by atoms with E-state index in [1.54, 1.807) is 0 Å². The molecular formula is C14H16F3NO4. The molecule has 1 aromatic carbocycles. The van der Waals surface area contributed by atoms with Crippen molar-refractivity contribution in [3.63, 3.8) is 0 Å². The molecule has 122 valence electrons. The van der Waals surface area contributed by atoms with E-state index in [0.29, 0.717) is 6.42 Å². The lowest BCUT2D eigenvalue weighted by Crippen LogP contribution is -2.13. The normalized spacial score (nSPS) is 11.0. The summed E-state index contributed by atoms with van der Waals surface area (Å²) < 4.78 is 47.1. The third-order valence-electron chi connectivity index (χ3n) is 2.85. The maximum Gasteiger partial charge on any atom is 0.416 e. The fourth-order valence-electron chi connectivity index (χ4n) is 1.71. The van der Waals surface area contributed by atoms with Gasteiger partial charge in [0, 0.05) is 18.7 Å². The first-order valence-electron chi connectivity index (χ1n) is 6.40. The van der Waals surface area contributed by atoms with Crippen LogP contribution in [0.25, 0.3) is 0 Å². The largest absolute Gasteiger partial charge is 0.469 e. The second-order valence-corrected chi connectivity index (χ2v) is 4.36. The number of nitrogens with one attached hydrogen (secondary N) is 1. The number of esters is 2. The third-order valence-corrected chi connectivity index (χ3v) is 2.85. The Labute approximate surface area is 125 Å². The number of carbonyl (C=O) groups is 2. The van der Waals surface area contributed by atoms with Gasteiger partial charge in [0.15, 0.2) is 0 Å². The molecule has 0 radical (unpaired) electrons. The lowest BCUT2D eigenvalue weighted by Gasteiger charge is -2.14. The molecule has 1 aromatic rings. The number of hydrogen-bond donors (Lipinski definition) is 1. The zero-order chi connectivity index (χ0) is 16.8. The van der Waals surface area contributed by atoms with Gasteiger partial charge in [-0.1, -0.05) is 0 Å². The average molecular weight is 319 g/mol. The summed E-state index contributed by atoms with van der Waals surface area (Å²) in [6.45, 7) is 0.209. The first kappa shape index (κ1) is 17.8. The maximum absolute atomic E-state index is 12.7. The van der Waals surface area contributed by atoms with Crippen molar-refractivity contribution in [2.75, 3.05) is 26.1 Å². The molecule has 22 heavy (non-hydrogen) atoms. The Morgan fingerprint density at radius 2 is 1.86 bits per heavy atom. The molecular weight excluding hydrogens is 303 g/mol. The molecule has 5 nitrogen and oxygen atoms in total. The molecule has 0 saturated heterocycles. The summed E-state index contributed by atoms with van der Waals surface area (Å²) in [6.07, 6.45) is -4.04. The van der Waals surface area contributed by atoms with Crippen molar-refractivity contribution < 1.29 is 32.2 Å². The summed E-state index contributed by atoms with van der Waals surface area (Å²) in [4.78, 5) is 22.5. The number of alkyl halides is 3. The first-order valence-corrected chi connectivity index (χ1v) is 6.40. The summed E-state index contributed by atoms with van der Waals surface area (Å²) in [6, 6.07) is 2.70. The number of ether oxygens (including phenoxy) is 2. The standard InChI is InChI=1S/C14H16F3NO4/c1-21-12(19)4-3-7-18-11-8-9(14(15,16)17)5-6-10(11)13(20)22-2/h5-6,8,18H,3-4,7H2,1-2H3. The number of halogens is 3. The quantitative estimate of drug-likeness (QED) is 0.645. The molecule has 8 heteroatoms. The molecule has 0 aliphatic heterocycles. The Hall–Kier alpha value is -2.25. The smallest absolute Gasteiger partial charge is 0.416 e. The van der Waals surface area contributed by atoms with Gasteiger partial charge in [0.25, 0.3) is 0 Å². The van der Waals surface area contributed by atoms with Crippen LogP contribution in [0.5, 0.6) is 0 Å². The van der Waals surface area contributed by atoms with Crippen LogP contribution in [0.15, 0.2) is 18.2 Å². The van der Waals surface area contributed by atoms with Crippen molar-refractivity contribution in [3.05, 3.63) is 29.3 Å². The Bertz CT molecular complexity index is 543. The van der Waals surface area contributed by atoms with Gasteiger partial charge in [-0.2, -0.15) is 13.2 Å². The van der Waals surface area contributed by atoms with Gasteiger partial charge in [0.05, 0.1) is 25.3 Å². The highest BCUT2D eigenvalue weighted by Gasteiger charge is 2.31. The zero-order valence-corrected chi connectivity index (χ0v) is 12.1. The van der Waals surface area contributed by atoms with Crippen LogP contribution in [-0.4, -0.2) is 32.7 Å². The Morgan fingerprint density at radius 3 is 2.41 bits per heavy atom. The third kappa shape index (κ3) is 4.94. The van der Waals surface area contributed by atoms with Gasteiger partial charge >= 0.3 is 18.1 Å². The molecule has 0 spiro atoms. The highest BCUT2D eigenvalue weighted by Crippen LogP contribution is 2.32. The Morgan fingerprint density at radius 1 is 1.18 bits per heavy atom. The minimum absolute atomic E-state index is 0.00596. The fraction of sp³-hybridized carbons (Fsp3) is 0.429.